The van der Waals surface area contributed by atoms with Gasteiger partial charge in [0, 0.05) is 42.2 Å². The number of aryl methyl sites for hydroxylation is 1. The van der Waals surface area contributed by atoms with Crippen molar-refractivity contribution in [3.05, 3.63) is 48.0 Å². The van der Waals surface area contributed by atoms with Gasteiger partial charge in [-0.2, -0.15) is 0 Å². The number of fused-ring (bicyclic) bond motifs is 2. The molecule has 0 fully saturated rings. The van der Waals surface area contributed by atoms with Gasteiger partial charge in [-0.05, 0) is 18.2 Å². The van der Waals surface area contributed by atoms with Crippen LogP contribution >= 0.6 is 12.6 Å². The van der Waals surface area contributed by atoms with Crippen LogP contribution in [0.15, 0.2) is 47.5 Å². The molecule has 4 rings (SSSR count). The molecule has 1 aromatic heterocycles. The molecule has 0 aliphatic carbocycles. The average molecular weight is 382 g/mol. The van der Waals surface area contributed by atoms with E-state index < -0.39 is 6.04 Å². The Morgan fingerprint density at radius 3 is 2.70 bits per heavy atom. The smallest absolute Gasteiger partial charge is 0.231 e. The van der Waals surface area contributed by atoms with E-state index in [0.717, 1.165) is 17.2 Å². The van der Waals surface area contributed by atoms with Gasteiger partial charge < -0.3 is 18.8 Å². The molecule has 0 radical (unpaired) electrons. The minimum atomic E-state index is -0.818. The molecule has 1 aliphatic heterocycles. The fourth-order valence-corrected chi connectivity index (χ4v) is 3.89. The van der Waals surface area contributed by atoms with E-state index >= 15 is 0 Å². The predicted octanol–water partition coefficient (Wildman–Crippen LogP) is 3.49. The average Bonchev–Trinajstić information content (AvgIpc) is 3.23. The van der Waals surface area contributed by atoms with Crippen molar-refractivity contribution in [3.63, 3.8) is 0 Å². The van der Waals surface area contributed by atoms with Crippen LogP contribution in [-0.2, 0) is 16.6 Å². The first-order chi connectivity index (χ1) is 13.0. The Balaban J connectivity index is 1.89. The molecule has 27 heavy (non-hydrogen) atoms. The van der Waals surface area contributed by atoms with Gasteiger partial charge in [-0.1, -0.05) is 18.2 Å². The third kappa shape index (κ3) is 2.75. The lowest BCUT2D eigenvalue weighted by Gasteiger charge is -2.28. The molecular formula is C20H18N2O4S. The summed E-state index contributed by atoms with van der Waals surface area (Å²) < 4.78 is 12.7. The molecule has 0 saturated heterocycles. The van der Waals surface area contributed by atoms with Crippen LogP contribution in [-0.4, -0.2) is 23.6 Å². The summed E-state index contributed by atoms with van der Waals surface area (Å²) in [7, 11) is 1.88. The Kier molecular flexibility index (Phi) is 4.31. The van der Waals surface area contributed by atoms with Crippen LogP contribution in [0.3, 0.4) is 0 Å². The van der Waals surface area contributed by atoms with Gasteiger partial charge in [-0.15, -0.1) is 12.6 Å². The molecule has 6 nitrogen and oxygen atoms in total. The van der Waals surface area contributed by atoms with E-state index in [1.807, 2.05) is 35.9 Å². The maximum absolute atomic E-state index is 12.5. The number of amides is 1. The van der Waals surface area contributed by atoms with Crippen molar-refractivity contribution in [2.24, 2.45) is 7.05 Å². The van der Waals surface area contributed by atoms with Gasteiger partial charge in [0.15, 0.2) is 11.5 Å². The van der Waals surface area contributed by atoms with E-state index in [9.17, 15) is 9.59 Å². The topological polar surface area (TPSA) is 60.8 Å². The molecule has 1 aliphatic rings. The summed E-state index contributed by atoms with van der Waals surface area (Å²) in [4.78, 5) is 26.2. The SMILES string of the molecule is CC(=O)N(c1ccc2c(c1)OCO2)C(C=O)c1c(S)n(C)c2ccccc12. The summed E-state index contributed by atoms with van der Waals surface area (Å²) >= 11 is 4.62. The summed E-state index contributed by atoms with van der Waals surface area (Å²) in [6, 6.07) is 12.1. The van der Waals surface area contributed by atoms with E-state index in [4.69, 9.17) is 9.47 Å². The monoisotopic (exact) mass is 382 g/mol. The number of ether oxygens (including phenoxy) is 2. The number of hydrogen-bond donors (Lipinski definition) is 1. The highest BCUT2D eigenvalue weighted by Gasteiger charge is 2.30. The van der Waals surface area contributed by atoms with Gasteiger partial charge in [0.05, 0.1) is 5.03 Å². The van der Waals surface area contributed by atoms with Crippen LogP contribution < -0.4 is 14.4 Å². The fraction of sp³-hybridized carbons (Fsp3) is 0.200. The van der Waals surface area contributed by atoms with Crippen molar-refractivity contribution in [1.29, 1.82) is 0 Å². The Bertz CT molecular complexity index is 1060. The molecule has 0 spiro atoms. The quantitative estimate of drug-likeness (QED) is 0.554. The number of rotatable bonds is 4. The molecule has 2 heterocycles. The van der Waals surface area contributed by atoms with Crippen molar-refractivity contribution in [3.8, 4) is 11.5 Å². The number of benzene rings is 2. The summed E-state index contributed by atoms with van der Waals surface area (Å²) in [6.07, 6.45) is 0.771. The highest BCUT2D eigenvalue weighted by atomic mass is 32.1. The van der Waals surface area contributed by atoms with Gasteiger partial charge in [0.25, 0.3) is 0 Å². The molecular weight excluding hydrogens is 364 g/mol. The van der Waals surface area contributed by atoms with E-state index in [1.54, 1.807) is 18.2 Å². The van der Waals surface area contributed by atoms with Crippen molar-refractivity contribution in [2.45, 2.75) is 18.0 Å². The predicted molar refractivity (Wildman–Crippen MR) is 105 cm³/mol. The lowest BCUT2D eigenvalue weighted by molar-refractivity contribution is -0.119. The second-order valence-corrected chi connectivity index (χ2v) is 6.74. The Hall–Kier alpha value is -2.93. The lowest BCUT2D eigenvalue weighted by atomic mass is 10.0. The van der Waals surface area contributed by atoms with Crippen LogP contribution in [0.25, 0.3) is 10.9 Å². The zero-order chi connectivity index (χ0) is 19.1. The first kappa shape index (κ1) is 17.5. The zero-order valence-corrected chi connectivity index (χ0v) is 15.8. The number of aldehydes is 1. The molecule has 0 N–H and O–H groups in total. The second kappa shape index (κ2) is 6.66. The van der Waals surface area contributed by atoms with Crippen molar-refractivity contribution < 1.29 is 19.1 Å². The minimum absolute atomic E-state index is 0.139. The molecule has 0 bridgehead atoms. The molecule has 1 unspecified atom stereocenters. The van der Waals surface area contributed by atoms with E-state index in [-0.39, 0.29) is 12.7 Å². The Labute approximate surface area is 161 Å². The summed E-state index contributed by atoms with van der Waals surface area (Å²) in [5.74, 6) is 0.906. The number of aromatic nitrogens is 1. The number of thiol groups is 1. The third-order valence-electron chi connectivity index (χ3n) is 4.79. The van der Waals surface area contributed by atoms with Crippen molar-refractivity contribution in [1.82, 2.24) is 4.57 Å². The van der Waals surface area contributed by atoms with Gasteiger partial charge in [-0.25, -0.2) is 0 Å². The molecule has 7 heteroatoms. The molecule has 1 atom stereocenters. The number of carbonyl (C=O) groups excluding carboxylic acids is 2. The van der Waals surface area contributed by atoms with Crippen LogP contribution in [0.4, 0.5) is 5.69 Å². The number of carbonyl (C=O) groups is 2. The van der Waals surface area contributed by atoms with Crippen LogP contribution in [0.5, 0.6) is 11.5 Å². The zero-order valence-electron chi connectivity index (χ0n) is 14.9. The van der Waals surface area contributed by atoms with E-state index in [1.165, 1.54) is 11.8 Å². The Morgan fingerprint density at radius 1 is 1.22 bits per heavy atom. The number of anilines is 1. The largest absolute Gasteiger partial charge is 0.454 e. The van der Waals surface area contributed by atoms with Crippen LogP contribution in [0.2, 0.25) is 0 Å². The number of hydrogen-bond acceptors (Lipinski definition) is 5. The molecule has 0 saturated carbocycles. The summed E-state index contributed by atoms with van der Waals surface area (Å²) in [5.41, 5.74) is 2.20. The highest BCUT2D eigenvalue weighted by molar-refractivity contribution is 7.80. The number of para-hydroxylation sites is 1. The van der Waals surface area contributed by atoms with E-state index in [0.29, 0.717) is 27.8 Å². The van der Waals surface area contributed by atoms with E-state index in [2.05, 4.69) is 12.6 Å². The Morgan fingerprint density at radius 2 is 1.96 bits per heavy atom. The van der Waals surface area contributed by atoms with Crippen molar-refractivity contribution in [2.75, 3.05) is 11.7 Å². The standard InChI is InChI=1S/C20H18N2O4S/c1-12(24)22(13-7-8-17-18(9-13)26-11-25-17)16(10-23)19-14-5-3-4-6-15(14)21(2)20(19)27/h3-10,16,27H,11H2,1-2H3. The minimum Gasteiger partial charge on any atom is -0.454 e. The second-order valence-electron chi connectivity index (χ2n) is 6.32. The maximum atomic E-state index is 12.5. The normalized spacial score (nSPS) is 13.6. The van der Waals surface area contributed by atoms with Crippen LogP contribution in [0, 0.1) is 0 Å². The first-order valence-corrected chi connectivity index (χ1v) is 8.88. The van der Waals surface area contributed by atoms with Gasteiger partial charge in [0.2, 0.25) is 12.7 Å². The van der Waals surface area contributed by atoms with Crippen LogP contribution in [0.1, 0.15) is 18.5 Å². The first-order valence-electron chi connectivity index (χ1n) is 8.44. The maximum Gasteiger partial charge on any atom is 0.231 e. The molecule has 3 aromatic rings. The van der Waals surface area contributed by atoms with Gasteiger partial charge >= 0.3 is 0 Å². The third-order valence-corrected chi connectivity index (χ3v) is 5.33. The lowest BCUT2D eigenvalue weighted by Crippen LogP contribution is -2.34. The number of nitrogens with zero attached hydrogens (tertiary/aromatic N) is 2. The summed E-state index contributed by atoms with van der Waals surface area (Å²) in [5, 5.41) is 1.52. The summed E-state index contributed by atoms with van der Waals surface area (Å²) in [6.45, 7) is 1.57. The molecule has 2 aromatic carbocycles. The highest BCUT2D eigenvalue weighted by Crippen LogP contribution is 2.40. The van der Waals surface area contributed by atoms with Gasteiger partial charge in [0.1, 0.15) is 12.3 Å². The molecule has 138 valence electrons. The fourth-order valence-electron chi connectivity index (χ4n) is 3.53. The molecule has 1 amide bonds. The van der Waals surface area contributed by atoms with Gasteiger partial charge in [-0.3, -0.25) is 9.69 Å². The van der Waals surface area contributed by atoms with Crippen molar-refractivity contribution >= 4 is 41.4 Å².